The molecule has 2 fully saturated rings. The molecule has 2 heteroatoms. The van der Waals surface area contributed by atoms with Crippen LogP contribution in [0.2, 0.25) is 0 Å². The Kier molecular flexibility index (Phi) is 4.75. The van der Waals surface area contributed by atoms with Crippen LogP contribution in [0.4, 0.5) is 0 Å². The van der Waals surface area contributed by atoms with Crippen LogP contribution in [0.15, 0.2) is 0 Å². The summed E-state index contributed by atoms with van der Waals surface area (Å²) in [5.74, 6) is 1.96. The minimum absolute atomic E-state index is 0.0999. The molecule has 2 aliphatic rings. The van der Waals surface area contributed by atoms with Crippen molar-refractivity contribution in [1.82, 2.24) is 0 Å². The molecule has 0 N–H and O–H groups in total. The number of ether oxygens (including phenoxy) is 1. The highest BCUT2D eigenvalue weighted by molar-refractivity contribution is 5.80. The lowest BCUT2D eigenvalue weighted by molar-refractivity contribution is -0.159. The highest BCUT2D eigenvalue weighted by Crippen LogP contribution is 2.57. The largest absolute Gasteiger partial charge is 0.462 e. The summed E-state index contributed by atoms with van der Waals surface area (Å²) in [5, 5.41) is 0. The van der Waals surface area contributed by atoms with Crippen molar-refractivity contribution in [3.63, 3.8) is 0 Å². The summed E-state index contributed by atoms with van der Waals surface area (Å²) in [7, 11) is 0. The van der Waals surface area contributed by atoms with E-state index in [1.807, 2.05) is 0 Å². The van der Waals surface area contributed by atoms with E-state index in [2.05, 4.69) is 41.5 Å². The van der Waals surface area contributed by atoms with Crippen molar-refractivity contribution in [2.75, 3.05) is 0 Å². The highest BCUT2D eigenvalue weighted by atomic mass is 16.5. The van der Waals surface area contributed by atoms with Gasteiger partial charge in [-0.05, 0) is 61.7 Å². The third kappa shape index (κ3) is 3.81. The van der Waals surface area contributed by atoms with Crippen molar-refractivity contribution in [3.05, 3.63) is 0 Å². The second-order valence-electron chi connectivity index (χ2n) is 9.10. The fraction of sp³-hybridized carbons (Fsp3) is 0.947. The van der Waals surface area contributed by atoms with Gasteiger partial charge in [0, 0.05) is 0 Å². The minimum atomic E-state index is -0.144. The SMILES string of the molecule is CC(C)CC1(C(=O)OC2CCC(C(C)(C)C)CC2)CC1C. The number of carbonyl (C=O) groups excluding carboxylic acids is 1. The highest BCUT2D eigenvalue weighted by Gasteiger charge is 2.58. The van der Waals surface area contributed by atoms with Crippen LogP contribution in [0.1, 0.15) is 80.1 Å². The summed E-state index contributed by atoms with van der Waals surface area (Å²) in [4.78, 5) is 12.6. The molecule has 0 aliphatic heterocycles. The van der Waals surface area contributed by atoms with Crippen LogP contribution >= 0.6 is 0 Å². The molecular weight excluding hydrogens is 260 g/mol. The molecular formula is C19H34O2. The molecule has 0 saturated heterocycles. The Labute approximate surface area is 131 Å². The molecule has 2 saturated carbocycles. The van der Waals surface area contributed by atoms with Gasteiger partial charge in [-0.15, -0.1) is 0 Å². The maximum Gasteiger partial charge on any atom is 0.312 e. The van der Waals surface area contributed by atoms with Crippen molar-refractivity contribution in [2.24, 2.45) is 28.6 Å². The molecule has 0 aromatic rings. The smallest absolute Gasteiger partial charge is 0.312 e. The van der Waals surface area contributed by atoms with Gasteiger partial charge in [-0.25, -0.2) is 0 Å². The van der Waals surface area contributed by atoms with E-state index in [-0.39, 0.29) is 17.5 Å². The van der Waals surface area contributed by atoms with E-state index in [9.17, 15) is 4.79 Å². The van der Waals surface area contributed by atoms with Gasteiger partial charge in [-0.2, -0.15) is 0 Å². The average Bonchev–Trinajstić information content (AvgIpc) is 2.99. The first-order valence-electron chi connectivity index (χ1n) is 8.86. The van der Waals surface area contributed by atoms with Gasteiger partial charge in [0.25, 0.3) is 0 Å². The van der Waals surface area contributed by atoms with Gasteiger partial charge in [0.05, 0.1) is 5.41 Å². The average molecular weight is 294 g/mol. The third-order valence-corrected chi connectivity index (χ3v) is 5.81. The number of esters is 1. The zero-order valence-corrected chi connectivity index (χ0v) is 14.9. The predicted molar refractivity (Wildman–Crippen MR) is 87.0 cm³/mol. The molecule has 0 spiro atoms. The van der Waals surface area contributed by atoms with Gasteiger partial charge in [0.15, 0.2) is 0 Å². The number of hydrogen-bond donors (Lipinski definition) is 0. The first-order valence-corrected chi connectivity index (χ1v) is 8.86. The van der Waals surface area contributed by atoms with Crippen LogP contribution < -0.4 is 0 Å². The van der Waals surface area contributed by atoms with Crippen LogP contribution in [0.25, 0.3) is 0 Å². The third-order valence-electron chi connectivity index (χ3n) is 5.81. The Morgan fingerprint density at radius 1 is 1.19 bits per heavy atom. The lowest BCUT2D eigenvalue weighted by atomic mass is 9.72. The topological polar surface area (TPSA) is 26.3 Å². The normalized spacial score (nSPS) is 36.6. The van der Waals surface area contributed by atoms with E-state index in [1.54, 1.807) is 0 Å². The summed E-state index contributed by atoms with van der Waals surface area (Å²) in [6, 6.07) is 0. The second kappa shape index (κ2) is 5.93. The van der Waals surface area contributed by atoms with Gasteiger partial charge in [-0.1, -0.05) is 41.5 Å². The van der Waals surface area contributed by atoms with E-state index in [1.165, 1.54) is 12.8 Å². The van der Waals surface area contributed by atoms with E-state index in [4.69, 9.17) is 4.74 Å². The minimum Gasteiger partial charge on any atom is -0.462 e. The Bertz CT molecular complexity index is 372. The van der Waals surface area contributed by atoms with E-state index < -0.39 is 0 Å². The number of hydrogen-bond acceptors (Lipinski definition) is 2. The molecule has 2 nitrogen and oxygen atoms in total. The maximum absolute atomic E-state index is 12.6. The monoisotopic (exact) mass is 294 g/mol. The lowest BCUT2D eigenvalue weighted by Gasteiger charge is -2.37. The summed E-state index contributed by atoms with van der Waals surface area (Å²) in [6.45, 7) is 13.6. The van der Waals surface area contributed by atoms with Gasteiger partial charge < -0.3 is 4.74 Å². The second-order valence-corrected chi connectivity index (χ2v) is 9.10. The first-order chi connectivity index (χ1) is 9.65. The maximum atomic E-state index is 12.6. The molecule has 0 radical (unpaired) electrons. The van der Waals surface area contributed by atoms with Crippen molar-refractivity contribution >= 4 is 5.97 Å². The summed E-state index contributed by atoms with van der Waals surface area (Å²) >= 11 is 0. The molecule has 21 heavy (non-hydrogen) atoms. The fourth-order valence-corrected chi connectivity index (χ4v) is 4.18. The van der Waals surface area contributed by atoms with Gasteiger partial charge in [0.2, 0.25) is 0 Å². The molecule has 2 aliphatic carbocycles. The summed E-state index contributed by atoms with van der Waals surface area (Å²) in [6.07, 6.45) is 6.71. The molecule has 0 aromatic heterocycles. The summed E-state index contributed by atoms with van der Waals surface area (Å²) in [5.41, 5.74) is 0.244. The molecule has 0 heterocycles. The van der Waals surface area contributed by atoms with E-state index in [0.717, 1.165) is 31.6 Å². The van der Waals surface area contributed by atoms with Crippen LogP contribution in [0, 0.1) is 28.6 Å². The van der Waals surface area contributed by atoms with Crippen LogP contribution in [-0.2, 0) is 9.53 Å². The van der Waals surface area contributed by atoms with Gasteiger partial charge in [-0.3, -0.25) is 4.79 Å². The van der Waals surface area contributed by atoms with Crippen LogP contribution in [0.5, 0.6) is 0 Å². The molecule has 2 unspecified atom stereocenters. The zero-order chi connectivity index (χ0) is 15.8. The fourth-order valence-electron chi connectivity index (χ4n) is 4.18. The van der Waals surface area contributed by atoms with Crippen molar-refractivity contribution in [1.29, 1.82) is 0 Å². The molecule has 2 rings (SSSR count). The zero-order valence-electron chi connectivity index (χ0n) is 14.9. The van der Waals surface area contributed by atoms with Gasteiger partial charge >= 0.3 is 5.97 Å². The molecule has 0 bridgehead atoms. The van der Waals surface area contributed by atoms with Gasteiger partial charge in [0.1, 0.15) is 6.10 Å². The van der Waals surface area contributed by atoms with E-state index in [0.29, 0.717) is 17.3 Å². The van der Waals surface area contributed by atoms with Crippen molar-refractivity contribution in [2.45, 2.75) is 86.2 Å². The number of carbonyl (C=O) groups is 1. The van der Waals surface area contributed by atoms with Crippen molar-refractivity contribution < 1.29 is 9.53 Å². The standard InChI is InChI=1S/C19H34O2/c1-13(2)11-19(12-14(19)3)17(20)21-16-9-7-15(8-10-16)18(4,5)6/h13-16H,7-12H2,1-6H3. The Morgan fingerprint density at radius 3 is 2.10 bits per heavy atom. The molecule has 122 valence electrons. The molecule has 0 aromatic carbocycles. The molecule has 2 atom stereocenters. The van der Waals surface area contributed by atoms with E-state index >= 15 is 0 Å². The summed E-state index contributed by atoms with van der Waals surface area (Å²) < 4.78 is 5.91. The Hall–Kier alpha value is -0.530. The number of rotatable bonds is 4. The Morgan fingerprint density at radius 2 is 1.71 bits per heavy atom. The van der Waals surface area contributed by atoms with Crippen molar-refractivity contribution in [3.8, 4) is 0 Å². The lowest BCUT2D eigenvalue weighted by Crippen LogP contribution is -2.33. The Balaban J connectivity index is 1.85. The molecule has 0 amide bonds. The predicted octanol–water partition coefficient (Wildman–Crippen LogP) is 5.21. The quantitative estimate of drug-likeness (QED) is 0.666. The first kappa shape index (κ1) is 16.8. The van der Waals surface area contributed by atoms with Crippen LogP contribution in [-0.4, -0.2) is 12.1 Å². The van der Waals surface area contributed by atoms with Crippen LogP contribution in [0.3, 0.4) is 0 Å².